The molecular weight excluding hydrogens is 348 g/mol. The van der Waals surface area contributed by atoms with Crippen LogP contribution < -0.4 is 0 Å². The summed E-state index contributed by atoms with van der Waals surface area (Å²) >= 11 is 3.32. The highest BCUT2D eigenvalue weighted by molar-refractivity contribution is 7.99. The van der Waals surface area contributed by atoms with E-state index in [1.165, 1.54) is 15.8 Å². The van der Waals surface area contributed by atoms with E-state index in [1.54, 1.807) is 28.0 Å². The summed E-state index contributed by atoms with van der Waals surface area (Å²) in [5, 5.41) is 0.987. The number of para-hydroxylation sites is 1. The summed E-state index contributed by atoms with van der Waals surface area (Å²) < 4.78 is 1.17. The normalized spacial score (nSPS) is 12.3. The van der Waals surface area contributed by atoms with Crippen LogP contribution in [-0.2, 0) is 10.5 Å². The van der Waals surface area contributed by atoms with Crippen molar-refractivity contribution in [1.29, 1.82) is 0 Å². The Morgan fingerprint density at radius 2 is 1.92 bits per heavy atom. The van der Waals surface area contributed by atoms with Crippen LogP contribution in [0.3, 0.4) is 0 Å². The molecule has 0 spiro atoms. The molecule has 1 atom stereocenters. The van der Waals surface area contributed by atoms with E-state index < -0.39 is 0 Å². The molecule has 0 bridgehead atoms. The fourth-order valence-corrected chi connectivity index (χ4v) is 4.46. The van der Waals surface area contributed by atoms with Crippen molar-refractivity contribution in [1.82, 2.24) is 9.88 Å². The Morgan fingerprint density at radius 1 is 1.20 bits per heavy atom. The maximum atomic E-state index is 12.5. The van der Waals surface area contributed by atoms with E-state index in [9.17, 15) is 4.79 Å². The Balaban J connectivity index is 1.56. The second-order valence-electron chi connectivity index (χ2n) is 6.18. The lowest BCUT2D eigenvalue weighted by atomic mass is 10.2. The number of benzene rings is 2. The van der Waals surface area contributed by atoms with Crippen LogP contribution in [0.15, 0.2) is 48.5 Å². The zero-order valence-corrected chi connectivity index (χ0v) is 16.4. The van der Waals surface area contributed by atoms with Crippen LogP contribution in [0.1, 0.15) is 29.1 Å². The molecule has 0 unspecified atom stereocenters. The topological polar surface area (TPSA) is 33.2 Å². The lowest BCUT2D eigenvalue weighted by Gasteiger charge is -2.23. The Labute approximate surface area is 157 Å². The number of hydrogen-bond acceptors (Lipinski definition) is 4. The van der Waals surface area contributed by atoms with Gasteiger partial charge in [0.1, 0.15) is 5.01 Å². The molecule has 0 aliphatic rings. The number of amides is 1. The van der Waals surface area contributed by atoms with E-state index in [0.717, 1.165) is 16.3 Å². The molecule has 3 aromatic rings. The van der Waals surface area contributed by atoms with Gasteiger partial charge >= 0.3 is 0 Å². The summed E-state index contributed by atoms with van der Waals surface area (Å²) in [7, 11) is 1.87. The Bertz CT molecular complexity index is 825. The van der Waals surface area contributed by atoms with Crippen LogP contribution >= 0.6 is 23.1 Å². The Kier molecular flexibility index (Phi) is 5.76. The number of rotatable bonds is 6. The van der Waals surface area contributed by atoms with Gasteiger partial charge in [0.15, 0.2) is 0 Å². The molecule has 0 saturated carbocycles. The van der Waals surface area contributed by atoms with Gasteiger partial charge in [0.25, 0.3) is 0 Å². The van der Waals surface area contributed by atoms with Crippen molar-refractivity contribution in [2.24, 2.45) is 0 Å². The number of carbonyl (C=O) groups is 1. The molecule has 5 heteroatoms. The van der Waals surface area contributed by atoms with Gasteiger partial charge in [-0.3, -0.25) is 4.79 Å². The van der Waals surface area contributed by atoms with E-state index in [0.29, 0.717) is 5.75 Å². The quantitative estimate of drug-likeness (QED) is 0.608. The number of fused-ring (bicyclic) bond motifs is 1. The molecule has 3 nitrogen and oxygen atoms in total. The molecule has 0 aliphatic carbocycles. The molecule has 0 aliphatic heterocycles. The summed E-state index contributed by atoms with van der Waals surface area (Å²) in [5.41, 5.74) is 3.52. The zero-order valence-electron chi connectivity index (χ0n) is 14.7. The highest BCUT2D eigenvalue weighted by atomic mass is 32.2. The van der Waals surface area contributed by atoms with Gasteiger partial charge in [0.2, 0.25) is 5.91 Å². The molecule has 1 heterocycles. The van der Waals surface area contributed by atoms with E-state index in [-0.39, 0.29) is 11.9 Å². The molecule has 3 rings (SSSR count). The first-order valence-electron chi connectivity index (χ1n) is 8.29. The van der Waals surface area contributed by atoms with Crippen LogP contribution in [0.2, 0.25) is 0 Å². The van der Waals surface area contributed by atoms with Crippen molar-refractivity contribution in [3.05, 3.63) is 64.7 Å². The Morgan fingerprint density at radius 3 is 2.64 bits per heavy atom. The smallest absolute Gasteiger partial charge is 0.232 e. The molecule has 2 aromatic carbocycles. The third kappa shape index (κ3) is 4.41. The molecule has 0 fully saturated rings. The van der Waals surface area contributed by atoms with Crippen molar-refractivity contribution in [2.45, 2.75) is 25.6 Å². The van der Waals surface area contributed by atoms with Gasteiger partial charge in [-0.25, -0.2) is 4.98 Å². The van der Waals surface area contributed by atoms with Gasteiger partial charge in [-0.15, -0.1) is 23.1 Å². The number of aryl methyl sites for hydroxylation is 1. The summed E-state index contributed by atoms with van der Waals surface area (Å²) in [6, 6.07) is 16.6. The Hall–Kier alpha value is -1.85. The first-order valence-corrected chi connectivity index (χ1v) is 10.3. The summed E-state index contributed by atoms with van der Waals surface area (Å²) in [6.45, 7) is 4.12. The largest absolute Gasteiger partial charge is 0.336 e. The molecule has 25 heavy (non-hydrogen) atoms. The summed E-state index contributed by atoms with van der Waals surface area (Å²) in [4.78, 5) is 19.0. The average Bonchev–Trinajstić information content (AvgIpc) is 3.06. The SMILES string of the molecule is Cc1ccc(CSCC(=O)N(C)[C@H](C)c2nc3ccccc3s2)cc1. The first-order chi connectivity index (χ1) is 12.0. The van der Waals surface area contributed by atoms with Crippen LogP contribution in [0, 0.1) is 6.92 Å². The van der Waals surface area contributed by atoms with Gasteiger partial charge < -0.3 is 4.90 Å². The van der Waals surface area contributed by atoms with Crippen molar-refractivity contribution in [3.8, 4) is 0 Å². The predicted octanol–water partition coefficient (Wildman–Crippen LogP) is 5.06. The number of thioether (sulfide) groups is 1. The number of thiazole rings is 1. The first kappa shape index (κ1) is 18.0. The standard InChI is InChI=1S/C20H22N2OS2/c1-14-8-10-16(11-9-14)12-24-13-19(23)22(3)15(2)20-21-17-6-4-5-7-18(17)25-20/h4-11,15H,12-13H2,1-3H3/t15-/m1/s1. The van der Waals surface area contributed by atoms with Gasteiger partial charge in [0, 0.05) is 12.8 Å². The van der Waals surface area contributed by atoms with Gasteiger partial charge in [-0.1, -0.05) is 42.0 Å². The van der Waals surface area contributed by atoms with Crippen LogP contribution in [-0.4, -0.2) is 28.6 Å². The van der Waals surface area contributed by atoms with Gasteiger partial charge in [0.05, 0.1) is 22.0 Å². The van der Waals surface area contributed by atoms with E-state index >= 15 is 0 Å². The summed E-state index contributed by atoms with van der Waals surface area (Å²) in [5.74, 6) is 1.48. The minimum absolute atomic E-state index is 0.00938. The maximum Gasteiger partial charge on any atom is 0.232 e. The highest BCUT2D eigenvalue weighted by Crippen LogP contribution is 2.29. The monoisotopic (exact) mass is 370 g/mol. The van der Waals surface area contributed by atoms with E-state index in [1.807, 2.05) is 32.2 Å². The van der Waals surface area contributed by atoms with Crippen molar-refractivity contribution >= 4 is 39.2 Å². The number of aromatic nitrogens is 1. The zero-order chi connectivity index (χ0) is 17.8. The maximum absolute atomic E-state index is 12.5. The molecular formula is C20H22N2OS2. The number of hydrogen-bond donors (Lipinski definition) is 0. The van der Waals surface area contributed by atoms with Crippen molar-refractivity contribution in [3.63, 3.8) is 0 Å². The third-order valence-corrected chi connectivity index (χ3v) is 6.45. The summed E-state index contributed by atoms with van der Waals surface area (Å²) in [6.07, 6.45) is 0. The van der Waals surface area contributed by atoms with Gasteiger partial charge in [-0.2, -0.15) is 0 Å². The fourth-order valence-electron chi connectivity index (χ4n) is 2.49. The number of carbonyl (C=O) groups excluding carboxylic acids is 1. The van der Waals surface area contributed by atoms with E-state index in [4.69, 9.17) is 0 Å². The molecule has 1 amide bonds. The lowest BCUT2D eigenvalue weighted by Crippen LogP contribution is -2.31. The predicted molar refractivity (Wildman–Crippen MR) is 108 cm³/mol. The molecule has 0 N–H and O–H groups in total. The fraction of sp³-hybridized carbons (Fsp3) is 0.300. The average molecular weight is 371 g/mol. The van der Waals surface area contributed by atoms with E-state index in [2.05, 4.69) is 42.2 Å². The second-order valence-corrected chi connectivity index (χ2v) is 8.23. The molecule has 0 radical (unpaired) electrons. The van der Waals surface area contributed by atoms with Crippen LogP contribution in [0.5, 0.6) is 0 Å². The highest BCUT2D eigenvalue weighted by Gasteiger charge is 2.20. The van der Waals surface area contributed by atoms with Crippen LogP contribution in [0.25, 0.3) is 10.2 Å². The lowest BCUT2D eigenvalue weighted by molar-refractivity contribution is -0.128. The minimum Gasteiger partial charge on any atom is -0.336 e. The second kappa shape index (κ2) is 8.02. The molecule has 0 saturated heterocycles. The molecule has 130 valence electrons. The van der Waals surface area contributed by atoms with Gasteiger partial charge in [-0.05, 0) is 31.5 Å². The number of nitrogens with zero attached hydrogens (tertiary/aromatic N) is 2. The molecule has 1 aromatic heterocycles. The third-order valence-electron chi connectivity index (χ3n) is 4.26. The van der Waals surface area contributed by atoms with Crippen molar-refractivity contribution in [2.75, 3.05) is 12.8 Å². The van der Waals surface area contributed by atoms with Crippen molar-refractivity contribution < 1.29 is 4.79 Å². The van der Waals surface area contributed by atoms with Crippen LogP contribution in [0.4, 0.5) is 0 Å². The minimum atomic E-state index is -0.00938.